The summed E-state index contributed by atoms with van der Waals surface area (Å²) in [6.07, 6.45) is 6.04. The molecule has 0 spiro atoms. The maximum Gasteiger partial charge on any atom is 0.226 e. The Bertz CT molecular complexity index is 727. The van der Waals surface area contributed by atoms with Gasteiger partial charge in [0.2, 0.25) is 11.8 Å². The van der Waals surface area contributed by atoms with Crippen LogP contribution in [0, 0.1) is 5.92 Å². The topological polar surface area (TPSA) is 84.5 Å². The Labute approximate surface area is 175 Å². The molecule has 1 heterocycles. The number of rotatable bonds is 8. The molecule has 7 heteroatoms. The minimum Gasteiger partial charge on any atom is -0.381 e. The SMILES string of the molecule is CC(CC(=O)Nc1cccc(CS(=O)C2CCOCC2)c1)NC(=O)C1CCCC1. The van der Waals surface area contributed by atoms with Crippen molar-refractivity contribution < 1.29 is 18.5 Å². The maximum atomic E-state index is 12.6. The summed E-state index contributed by atoms with van der Waals surface area (Å²) >= 11 is 0. The van der Waals surface area contributed by atoms with Crippen molar-refractivity contribution in [1.82, 2.24) is 5.32 Å². The van der Waals surface area contributed by atoms with E-state index in [9.17, 15) is 13.8 Å². The summed E-state index contributed by atoms with van der Waals surface area (Å²) < 4.78 is 17.9. The predicted octanol–water partition coefficient (Wildman–Crippen LogP) is 3.14. The van der Waals surface area contributed by atoms with Crippen molar-refractivity contribution in [3.63, 3.8) is 0 Å². The van der Waals surface area contributed by atoms with Gasteiger partial charge in [-0.15, -0.1) is 0 Å². The van der Waals surface area contributed by atoms with E-state index in [1.54, 1.807) is 0 Å². The fourth-order valence-corrected chi connectivity index (χ4v) is 5.51. The molecule has 1 aromatic rings. The van der Waals surface area contributed by atoms with Gasteiger partial charge >= 0.3 is 0 Å². The first-order chi connectivity index (χ1) is 14.0. The molecule has 0 bridgehead atoms. The fraction of sp³-hybridized carbons (Fsp3) is 0.636. The van der Waals surface area contributed by atoms with E-state index in [1.807, 2.05) is 31.2 Å². The Morgan fingerprint density at radius 1 is 1.17 bits per heavy atom. The highest BCUT2D eigenvalue weighted by atomic mass is 32.2. The molecule has 2 aliphatic rings. The molecular weight excluding hydrogens is 388 g/mol. The second-order valence-electron chi connectivity index (χ2n) is 8.18. The van der Waals surface area contributed by atoms with Gasteiger partial charge in [0.1, 0.15) is 0 Å². The number of carbonyl (C=O) groups excluding carboxylic acids is 2. The van der Waals surface area contributed by atoms with Gasteiger partial charge in [-0.2, -0.15) is 0 Å². The molecule has 29 heavy (non-hydrogen) atoms. The van der Waals surface area contributed by atoms with E-state index >= 15 is 0 Å². The molecule has 1 saturated carbocycles. The second-order valence-corrected chi connectivity index (χ2v) is 9.90. The van der Waals surface area contributed by atoms with E-state index in [1.165, 1.54) is 0 Å². The van der Waals surface area contributed by atoms with Gasteiger partial charge in [0.15, 0.2) is 0 Å². The molecule has 2 N–H and O–H groups in total. The van der Waals surface area contributed by atoms with Crippen LogP contribution in [0.4, 0.5) is 5.69 Å². The molecule has 3 rings (SSSR count). The van der Waals surface area contributed by atoms with Crippen LogP contribution < -0.4 is 10.6 Å². The molecular formula is C22H32N2O4S. The Kier molecular flexibility index (Phi) is 8.24. The van der Waals surface area contributed by atoms with E-state index in [2.05, 4.69) is 10.6 Å². The fourth-order valence-electron chi connectivity index (χ4n) is 4.05. The normalized spacial score (nSPS) is 20.2. The van der Waals surface area contributed by atoms with Crippen LogP contribution in [0.3, 0.4) is 0 Å². The zero-order chi connectivity index (χ0) is 20.6. The highest BCUT2D eigenvalue weighted by molar-refractivity contribution is 7.84. The van der Waals surface area contributed by atoms with Crippen molar-refractivity contribution in [2.75, 3.05) is 18.5 Å². The van der Waals surface area contributed by atoms with Gasteiger partial charge in [-0.3, -0.25) is 13.8 Å². The highest BCUT2D eigenvalue weighted by Crippen LogP contribution is 2.25. The van der Waals surface area contributed by atoms with E-state index < -0.39 is 10.8 Å². The van der Waals surface area contributed by atoms with Crippen LogP contribution in [0.15, 0.2) is 24.3 Å². The first-order valence-electron chi connectivity index (χ1n) is 10.7. The van der Waals surface area contributed by atoms with E-state index in [0.29, 0.717) is 24.7 Å². The third kappa shape index (κ3) is 6.93. The number of benzene rings is 1. The van der Waals surface area contributed by atoms with Gasteiger partial charge in [0.25, 0.3) is 0 Å². The molecule has 1 aliphatic carbocycles. The summed E-state index contributed by atoms with van der Waals surface area (Å²) in [5.74, 6) is 0.531. The predicted molar refractivity (Wildman–Crippen MR) is 115 cm³/mol. The third-order valence-corrected chi connectivity index (χ3v) is 7.50. The molecule has 2 atom stereocenters. The van der Waals surface area contributed by atoms with Crippen LogP contribution in [-0.2, 0) is 30.9 Å². The lowest BCUT2D eigenvalue weighted by Crippen LogP contribution is -2.38. The van der Waals surface area contributed by atoms with Crippen LogP contribution in [0.1, 0.15) is 57.4 Å². The first-order valence-corrected chi connectivity index (χ1v) is 12.0. The summed E-state index contributed by atoms with van der Waals surface area (Å²) in [5, 5.41) is 6.05. The van der Waals surface area contributed by atoms with Crippen LogP contribution in [-0.4, -0.2) is 40.5 Å². The lowest BCUT2D eigenvalue weighted by atomic mass is 10.1. The van der Waals surface area contributed by atoms with Gasteiger partial charge in [-0.1, -0.05) is 25.0 Å². The number of hydrogen-bond acceptors (Lipinski definition) is 4. The Hall–Kier alpha value is -1.73. The van der Waals surface area contributed by atoms with Gasteiger partial charge in [0, 0.05) is 59.1 Å². The molecule has 2 fully saturated rings. The highest BCUT2D eigenvalue weighted by Gasteiger charge is 2.24. The van der Waals surface area contributed by atoms with Crippen molar-refractivity contribution in [3.05, 3.63) is 29.8 Å². The number of hydrogen-bond donors (Lipinski definition) is 2. The minimum absolute atomic E-state index is 0.0698. The largest absolute Gasteiger partial charge is 0.381 e. The van der Waals surface area contributed by atoms with Crippen molar-refractivity contribution in [2.24, 2.45) is 5.92 Å². The first kappa shape index (κ1) is 22.0. The second kappa shape index (κ2) is 10.9. The lowest BCUT2D eigenvalue weighted by molar-refractivity contribution is -0.125. The Balaban J connectivity index is 1.46. The van der Waals surface area contributed by atoms with Gasteiger partial charge in [-0.05, 0) is 50.3 Å². The monoisotopic (exact) mass is 420 g/mol. The zero-order valence-electron chi connectivity index (χ0n) is 17.2. The third-order valence-electron chi connectivity index (χ3n) is 5.67. The number of carbonyl (C=O) groups is 2. The Morgan fingerprint density at radius 2 is 1.90 bits per heavy atom. The van der Waals surface area contributed by atoms with Crippen molar-refractivity contribution in [1.29, 1.82) is 0 Å². The van der Waals surface area contributed by atoms with Crippen LogP contribution in [0.25, 0.3) is 0 Å². The summed E-state index contributed by atoms with van der Waals surface area (Å²) in [4.78, 5) is 24.6. The molecule has 0 aromatic heterocycles. The summed E-state index contributed by atoms with van der Waals surface area (Å²) in [5.41, 5.74) is 1.65. The molecule has 1 saturated heterocycles. The van der Waals surface area contributed by atoms with E-state index in [4.69, 9.17) is 4.74 Å². The number of ether oxygens (including phenoxy) is 1. The number of nitrogens with one attached hydrogen (secondary N) is 2. The minimum atomic E-state index is -0.936. The number of amides is 2. The summed E-state index contributed by atoms with van der Waals surface area (Å²) in [6, 6.07) is 7.33. The lowest BCUT2D eigenvalue weighted by Gasteiger charge is -2.21. The van der Waals surface area contributed by atoms with Crippen molar-refractivity contribution in [2.45, 2.75) is 68.9 Å². The molecule has 6 nitrogen and oxygen atoms in total. The average Bonchev–Trinajstić information content (AvgIpc) is 3.23. The van der Waals surface area contributed by atoms with Gasteiger partial charge in [-0.25, -0.2) is 0 Å². The molecule has 0 radical (unpaired) electrons. The van der Waals surface area contributed by atoms with E-state index in [0.717, 1.165) is 44.1 Å². The molecule has 1 aliphatic heterocycles. The van der Waals surface area contributed by atoms with Crippen LogP contribution >= 0.6 is 0 Å². The van der Waals surface area contributed by atoms with Crippen molar-refractivity contribution >= 4 is 28.3 Å². The van der Waals surface area contributed by atoms with Crippen LogP contribution in [0.5, 0.6) is 0 Å². The van der Waals surface area contributed by atoms with Crippen molar-refractivity contribution in [3.8, 4) is 0 Å². The standard InChI is InChI=1S/C22H32N2O4S/c1-16(23-22(26)18-6-2-3-7-18)13-21(25)24-19-8-4-5-17(14-19)15-29(27)20-9-11-28-12-10-20/h4-5,8,14,16,18,20H,2-3,6-7,9-13,15H2,1H3,(H,23,26)(H,24,25). The molecule has 2 unspecified atom stereocenters. The molecule has 2 amide bonds. The Morgan fingerprint density at radius 3 is 2.62 bits per heavy atom. The smallest absolute Gasteiger partial charge is 0.226 e. The van der Waals surface area contributed by atoms with Gasteiger partial charge < -0.3 is 15.4 Å². The van der Waals surface area contributed by atoms with E-state index in [-0.39, 0.29) is 35.4 Å². The summed E-state index contributed by atoms with van der Waals surface area (Å²) in [6.45, 7) is 3.23. The maximum absolute atomic E-state index is 12.6. The van der Waals surface area contributed by atoms with Crippen LogP contribution in [0.2, 0.25) is 0 Å². The van der Waals surface area contributed by atoms with Gasteiger partial charge in [0.05, 0.1) is 0 Å². The number of anilines is 1. The zero-order valence-corrected chi connectivity index (χ0v) is 18.0. The summed E-state index contributed by atoms with van der Waals surface area (Å²) in [7, 11) is -0.936. The quantitative estimate of drug-likeness (QED) is 0.677. The molecule has 160 valence electrons. The molecule has 1 aromatic carbocycles. The average molecular weight is 421 g/mol.